The lowest BCUT2D eigenvalue weighted by atomic mass is 9.90. The molecule has 0 spiro atoms. The molecule has 3 nitrogen and oxygen atoms in total. The van der Waals surface area contributed by atoms with E-state index in [9.17, 15) is 0 Å². The van der Waals surface area contributed by atoms with E-state index < -0.39 is 0 Å². The first-order chi connectivity index (χ1) is 9.71. The fourth-order valence-electron chi connectivity index (χ4n) is 2.64. The number of rotatable bonds is 3. The molecule has 4 heteroatoms. The van der Waals surface area contributed by atoms with Crippen molar-refractivity contribution in [3.63, 3.8) is 0 Å². The Hall–Kier alpha value is -0.740. The fraction of sp³-hybridized carbons (Fsp3) is 0.706. The summed E-state index contributed by atoms with van der Waals surface area (Å²) in [7, 11) is 2.00. The number of hydrogen-bond acceptors (Lipinski definition) is 4. The van der Waals surface area contributed by atoms with Crippen molar-refractivity contribution < 1.29 is 0 Å². The van der Waals surface area contributed by atoms with E-state index in [1.165, 1.54) is 17.0 Å². The van der Waals surface area contributed by atoms with Crippen LogP contribution in [0.25, 0.3) is 0 Å². The van der Waals surface area contributed by atoms with Crippen molar-refractivity contribution >= 4 is 17.6 Å². The molecule has 0 saturated carbocycles. The summed E-state index contributed by atoms with van der Waals surface area (Å²) in [6.45, 7) is 14.4. The lowest BCUT2D eigenvalue weighted by molar-refractivity contribution is 0.563. The van der Waals surface area contributed by atoms with Crippen LogP contribution in [0.15, 0.2) is 12.1 Å². The molecule has 0 aliphatic carbocycles. The van der Waals surface area contributed by atoms with Gasteiger partial charge in [-0.05, 0) is 38.6 Å². The van der Waals surface area contributed by atoms with Gasteiger partial charge in [0.05, 0.1) is 0 Å². The maximum Gasteiger partial charge on any atom is 0.129 e. The predicted molar refractivity (Wildman–Crippen MR) is 94.5 cm³/mol. The molecule has 0 amide bonds. The monoisotopic (exact) mass is 307 g/mol. The number of thioether (sulfide) groups is 1. The van der Waals surface area contributed by atoms with Gasteiger partial charge in [0.25, 0.3) is 0 Å². The topological polar surface area (TPSA) is 28.2 Å². The van der Waals surface area contributed by atoms with Gasteiger partial charge in [-0.2, -0.15) is 11.8 Å². The Balaban J connectivity index is 2.35. The largest absolute Gasteiger partial charge is 0.354 e. The third kappa shape index (κ3) is 4.36. The molecule has 1 aliphatic heterocycles. The Morgan fingerprint density at radius 2 is 2.05 bits per heavy atom. The van der Waals surface area contributed by atoms with Gasteiger partial charge in [0.1, 0.15) is 5.82 Å². The zero-order valence-corrected chi connectivity index (χ0v) is 15.1. The van der Waals surface area contributed by atoms with Crippen molar-refractivity contribution in [1.29, 1.82) is 0 Å². The number of nitrogens with zero attached hydrogens (tertiary/aromatic N) is 2. The molecule has 0 bridgehead atoms. The Labute approximate surface area is 133 Å². The summed E-state index contributed by atoms with van der Waals surface area (Å²) in [5.41, 5.74) is 2.59. The minimum atomic E-state index is 0.0819. The molecule has 118 valence electrons. The second kappa shape index (κ2) is 6.17. The van der Waals surface area contributed by atoms with Crippen LogP contribution in [-0.2, 0) is 12.0 Å². The van der Waals surface area contributed by atoms with Crippen molar-refractivity contribution in [2.45, 2.75) is 51.3 Å². The first kappa shape index (κ1) is 16.6. The molecule has 1 fully saturated rings. The lowest BCUT2D eigenvalue weighted by Gasteiger charge is -2.38. The zero-order valence-electron chi connectivity index (χ0n) is 14.3. The number of hydrogen-bond donors (Lipinski definition) is 1. The van der Waals surface area contributed by atoms with Crippen LogP contribution in [0.5, 0.6) is 0 Å². The lowest BCUT2D eigenvalue weighted by Crippen LogP contribution is -2.43. The summed E-state index contributed by atoms with van der Waals surface area (Å²) in [5.74, 6) is 2.32. The number of anilines is 1. The average Bonchev–Trinajstić information content (AvgIpc) is 2.36. The third-order valence-electron chi connectivity index (χ3n) is 3.77. The first-order valence-electron chi connectivity index (χ1n) is 7.76. The average molecular weight is 308 g/mol. The second-order valence-electron chi connectivity index (χ2n) is 7.53. The van der Waals surface area contributed by atoms with Crippen LogP contribution in [0.3, 0.4) is 0 Å². The van der Waals surface area contributed by atoms with E-state index in [1.807, 2.05) is 7.05 Å². The van der Waals surface area contributed by atoms with E-state index in [0.29, 0.717) is 4.75 Å². The van der Waals surface area contributed by atoms with Crippen molar-refractivity contribution in [2.24, 2.45) is 0 Å². The highest BCUT2D eigenvalue weighted by Gasteiger charge is 2.28. The fourth-order valence-corrected chi connectivity index (χ4v) is 3.75. The molecule has 2 heterocycles. The van der Waals surface area contributed by atoms with Crippen LogP contribution in [0.4, 0.5) is 5.82 Å². The Morgan fingerprint density at radius 3 is 2.62 bits per heavy atom. The van der Waals surface area contributed by atoms with Crippen LogP contribution in [-0.4, -0.2) is 35.6 Å². The van der Waals surface area contributed by atoms with E-state index in [4.69, 9.17) is 4.98 Å². The molecule has 1 aromatic rings. The minimum absolute atomic E-state index is 0.0819. The molecule has 1 saturated heterocycles. The first-order valence-corrected chi connectivity index (χ1v) is 8.75. The van der Waals surface area contributed by atoms with E-state index in [1.54, 1.807) is 0 Å². The van der Waals surface area contributed by atoms with E-state index in [0.717, 1.165) is 25.5 Å². The van der Waals surface area contributed by atoms with Crippen LogP contribution in [0.2, 0.25) is 0 Å². The van der Waals surface area contributed by atoms with Gasteiger partial charge in [-0.1, -0.05) is 20.8 Å². The zero-order chi connectivity index (χ0) is 15.7. The van der Waals surface area contributed by atoms with Crippen LogP contribution < -0.4 is 10.2 Å². The maximum absolute atomic E-state index is 4.97. The van der Waals surface area contributed by atoms with Gasteiger partial charge in [0.2, 0.25) is 0 Å². The summed E-state index contributed by atoms with van der Waals surface area (Å²) >= 11 is 2.06. The predicted octanol–water partition coefficient (Wildman–Crippen LogP) is 3.43. The van der Waals surface area contributed by atoms with Crippen LogP contribution in [0.1, 0.15) is 45.9 Å². The van der Waals surface area contributed by atoms with Crippen molar-refractivity contribution in [2.75, 3.05) is 30.8 Å². The Bertz CT molecular complexity index is 491. The molecule has 0 atom stereocenters. The molecular formula is C17H29N3S. The van der Waals surface area contributed by atoms with Gasteiger partial charge < -0.3 is 10.2 Å². The van der Waals surface area contributed by atoms with Gasteiger partial charge in [0, 0.05) is 41.2 Å². The highest BCUT2D eigenvalue weighted by atomic mass is 32.2. The van der Waals surface area contributed by atoms with Gasteiger partial charge in [-0.15, -0.1) is 0 Å². The van der Waals surface area contributed by atoms with Gasteiger partial charge in [-0.3, -0.25) is 0 Å². The summed E-state index contributed by atoms with van der Waals surface area (Å²) < 4.78 is 0.306. The summed E-state index contributed by atoms with van der Waals surface area (Å²) in [4.78, 5) is 7.41. The molecular weight excluding hydrogens is 278 g/mol. The van der Waals surface area contributed by atoms with Crippen molar-refractivity contribution in [3.8, 4) is 0 Å². The summed E-state index contributed by atoms with van der Waals surface area (Å²) in [6, 6.07) is 4.49. The molecule has 2 rings (SSSR count). The van der Waals surface area contributed by atoms with Gasteiger partial charge >= 0.3 is 0 Å². The standard InChI is InChI=1S/C17H29N3S/c1-16(2,3)14-9-13(11-18-6)10-15(19-14)20-7-8-21-17(4,5)12-20/h9-10,18H,7-8,11-12H2,1-6H3. The van der Waals surface area contributed by atoms with Crippen molar-refractivity contribution in [1.82, 2.24) is 10.3 Å². The van der Waals surface area contributed by atoms with Crippen LogP contribution >= 0.6 is 11.8 Å². The summed E-state index contributed by atoms with van der Waals surface area (Å²) in [6.07, 6.45) is 0. The highest BCUT2D eigenvalue weighted by molar-refractivity contribution is 8.00. The highest BCUT2D eigenvalue weighted by Crippen LogP contribution is 2.33. The Morgan fingerprint density at radius 1 is 1.33 bits per heavy atom. The van der Waals surface area contributed by atoms with E-state index in [2.05, 4.69) is 68.7 Å². The van der Waals surface area contributed by atoms with E-state index in [-0.39, 0.29) is 5.41 Å². The smallest absolute Gasteiger partial charge is 0.129 e. The third-order valence-corrected chi connectivity index (χ3v) is 5.07. The quantitative estimate of drug-likeness (QED) is 0.926. The molecule has 21 heavy (non-hydrogen) atoms. The Kier molecular flexibility index (Phi) is 4.89. The molecule has 1 N–H and O–H groups in total. The van der Waals surface area contributed by atoms with Gasteiger partial charge in [0.15, 0.2) is 0 Å². The van der Waals surface area contributed by atoms with E-state index >= 15 is 0 Å². The number of aromatic nitrogens is 1. The maximum atomic E-state index is 4.97. The molecule has 1 aliphatic rings. The second-order valence-corrected chi connectivity index (χ2v) is 9.33. The molecule has 0 unspecified atom stereocenters. The minimum Gasteiger partial charge on any atom is -0.354 e. The van der Waals surface area contributed by atoms with Crippen molar-refractivity contribution in [3.05, 3.63) is 23.4 Å². The molecule has 1 aromatic heterocycles. The molecule has 0 radical (unpaired) electrons. The van der Waals surface area contributed by atoms with Crippen LogP contribution in [0, 0.1) is 0 Å². The number of nitrogens with one attached hydrogen (secondary N) is 1. The number of pyridine rings is 1. The summed E-state index contributed by atoms with van der Waals surface area (Å²) in [5, 5.41) is 3.26. The SMILES string of the molecule is CNCc1cc(N2CCSC(C)(C)C2)nc(C(C)(C)C)c1. The normalized spacial score (nSPS) is 18.9. The van der Waals surface area contributed by atoms with Gasteiger partial charge in [-0.25, -0.2) is 4.98 Å². The molecule has 0 aromatic carbocycles.